The summed E-state index contributed by atoms with van der Waals surface area (Å²) < 4.78 is 0. The fourth-order valence-corrected chi connectivity index (χ4v) is 5.55. The van der Waals surface area contributed by atoms with Crippen molar-refractivity contribution in [3.63, 3.8) is 0 Å². The molecule has 1 atom stereocenters. The van der Waals surface area contributed by atoms with E-state index < -0.39 is 0 Å². The second kappa shape index (κ2) is 11.8. The van der Waals surface area contributed by atoms with Crippen LogP contribution < -0.4 is 0 Å². The number of allylic oxidation sites excluding steroid dienone is 1. The predicted octanol–water partition coefficient (Wildman–Crippen LogP) is 6.57. The monoisotopic (exact) mass is 458 g/mol. The lowest BCUT2D eigenvalue weighted by molar-refractivity contribution is 0.159. The molecule has 2 aliphatic rings. The zero-order valence-corrected chi connectivity index (χ0v) is 21.7. The summed E-state index contributed by atoms with van der Waals surface area (Å²) in [6, 6.07) is 11.6. The van der Waals surface area contributed by atoms with Gasteiger partial charge in [0.2, 0.25) is 0 Å². The minimum Gasteiger partial charge on any atom is -0.352 e. The molecule has 4 rings (SSSR count). The van der Waals surface area contributed by atoms with Gasteiger partial charge < -0.3 is 4.90 Å². The van der Waals surface area contributed by atoms with Crippen LogP contribution in [0.4, 0.5) is 0 Å². The van der Waals surface area contributed by atoms with Gasteiger partial charge in [-0.25, -0.2) is 4.99 Å². The Morgan fingerprint density at radius 1 is 1.00 bits per heavy atom. The highest BCUT2D eigenvalue weighted by Crippen LogP contribution is 2.33. The molecule has 1 aromatic carbocycles. The third-order valence-electron chi connectivity index (χ3n) is 7.55. The average molecular weight is 459 g/mol. The Labute approximate surface area is 206 Å². The van der Waals surface area contributed by atoms with Gasteiger partial charge in [0.05, 0.1) is 0 Å². The van der Waals surface area contributed by atoms with Crippen molar-refractivity contribution in [2.45, 2.75) is 78.7 Å². The first kappa shape index (κ1) is 24.7. The summed E-state index contributed by atoms with van der Waals surface area (Å²) in [4.78, 5) is 15.0. The lowest BCUT2D eigenvalue weighted by Crippen LogP contribution is -2.42. The second-order valence-electron chi connectivity index (χ2n) is 9.83. The van der Waals surface area contributed by atoms with Gasteiger partial charge in [0.1, 0.15) is 5.84 Å². The summed E-state index contributed by atoms with van der Waals surface area (Å²) in [5, 5.41) is 0. The smallest absolute Gasteiger partial charge is 0.136 e. The highest BCUT2D eigenvalue weighted by molar-refractivity contribution is 6.02. The first-order chi connectivity index (χ1) is 16.7. The third kappa shape index (κ3) is 5.43. The van der Waals surface area contributed by atoms with E-state index in [-0.39, 0.29) is 0 Å². The molecule has 1 fully saturated rings. The average Bonchev–Trinajstić information content (AvgIpc) is 2.89. The number of hydrogen-bond acceptors (Lipinski definition) is 4. The maximum atomic E-state index is 5.33. The standard InChI is InChI=1S/C30H42N4/c1-5-8-18-34-22-27(21-33-19-10-9-16-28(33)26-15-12-17-31-20-26)23(4)32-30(34)29-24(6-2)13-11-14-25(29)7-3/h11-15,17,20,28H,5-10,16,18-19,21-22H2,1-4H3. The Kier molecular flexibility index (Phi) is 8.55. The van der Waals surface area contributed by atoms with Gasteiger partial charge in [-0.1, -0.05) is 57.9 Å². The number of aromatic nitrogens is 1. The molecule has 34 heavy (non-hydrogen) atoms. The maximum Gasteiger partial charge on any atom is 0.136 e. The van der Waals surface area contributed by atoms with E-state index in [0.717, 1.165) is 39.0 Å². The number of rotatable bonds is 9. The van der Waals surface area contributed by atoms with Gasteiger partial charge in [-0.05, 0) is 73.9 Å². The van der Waals surface area contributed by atoms with E-state index in [0.29, 0.717) is 6.04 Å². The van der Waals surface area contributed by atoms with Crippen LogP contribution in [-0.4, -0.2) is 46.8 Å². The largest absolute Gasteiger partial charge is 0.352 e. The van der Waals surface area contributed by atoms with Crippen LogP contribution >= 0.6 is 0 Å². The first-order valence-corrected chi connectivity index (χ1v) is 13.4. The minimum atomic E-state index is 0.463. The lowest BCUT2D eigenvalue weighted by atomic mass is 9.93. The fraction of sp³-hybridized carbons (Fsp3) is 0.533. The molecular weight excluding hydrogens is 416 g/mol. The Morgan fingerprint density at radius 2 is 1.79 bits per heavy atom. The zero-order valence-electron chi connectivity index (χ0n) is 21.7. The first-order valence-electron chi connectivity index (χ1n) is 13.4. The summed E-state index contributed by atoms with van der Waals surface area (Å²) >= 11 is 0. The van der Waals surface area contributed by atoms with Crippen molar-refractivity contribution in [1.29, 1.82) is 0 Å². The molecule has 4 nitrogen and oxygen atoms in total. The van der Waals surface area contributed by atoms with Gasteiger partial charge in [0, 0.05) is 49.3 Å². The van der Waals surface area contributed by atoms with Gasteiger partial charge in [-0.3, -0.25) is 9.88 Å². The Morgan fingerprint density at radius 3 is 2.47 bits per heavy atom. The molecule has 0 amide bonds. The molecule has 0 aliphatic carbocycles. The topological polar surface area (TPSA) is 31.7 Å². The lowest BCUT2D eigenvalue weighted by Gasteiger charge is -2.39. The van der Waals surface area contributed by atoms with Gasteiger partial charge >= 0.3 is 0 Å². The summed E-state index contributed by atoms with van der Waals surface area (Å²) in [6.07, 6.45) is 12.2. The number of amidine groups is 1. The summed E-state index contributed by atoms with van der Waals surface area (Å²) in [5.74, 6) is 1.20. The molecule has 1 unspecified atom stereocenters. The molecule has 1 aromatic heterocycles. The summed E-state index contributed by atoms with van der Waals surface area (Å²) in [5.41, 5.74) is 8.27. The highest BCUT2D eigenvalue weighted by Gasteiger charge is 2.29. The van der Waals surface area contributed by atoms with E-state index in [4.69, 9.17) is 4.99 Å². The van der Waals surface area contributed by atoms with Crippen molar-refractivity contribution in [1.82, 2.24) is 14.8 Å². The molecule has 2 aromatic rings. The van der Waals surface area contributed by atoms with E-state index in [1.165, 1.54) is 71.5 Å². The van der Waals surface area contributed by atoms with Crippen LogP contribution in [0.3, 0.4) is 0 Å². The second-order valence-corrected chi connectivity index (χ2v) is 9.83. The normalized spacial score (nSPS) is 19.5. The van der Waals surface area contributed by atoms with Crippen molar-refractivity contribution in [2.24, 2.45) is 4.99 Å². The Balaban J connectivity index is 1.67. The quantitative estimate of drug-likeness (QED) is 0.426. The fourth-order valence-electron chi connectivity index (χ4n) is 5.55. The number of piperidine rings is 1. The van der Waals surface area contributed by atoms with Crippen molar-refractivity contribution in [3.8, 4) is 0 Å². The van der Waals surface area contributed by atoms with Crippen LogP contribution in [0, 0.1) is 0 Å². The molecule has 0 saturated carbocycles. The molecular formula is C30H42N4. The van der Waals surface area contributed by atoms with Crippen LogP contribution in [0.5, 0.6) is 0 Å². The van der Waals surface area contributed by atoms with Crippen LogP contribution in [0.2, 0.25) is 0 Å². The maximum absolute atomic E-state index is 5.33. The summed E-state index contributed by atoms with van der Waals surface area (Å²) in [7, 11) is 0. The van der Waals surface area contributed by atoms with E-state index in [1.807, 2.05) is 6.20 Å². The number of benzene rings is 1. The van der Waals surface area contributed by atoms with E-state index in [1.54, 1.807) is 0 Å². The molecule has 4 heteroatoms. The number of aliphatic imine (C=N–C) groups is 1. The van der Waals surface area contributed by atoms with E-state index >= 15 is 0 Å². The van der Waals surface area contributed by atoms with Crippen molar-refractivity contribution in [2.75, 3.05) is 26.2 Å². The zero-order chi connectivity index (χ0) is 23.9. The van der Waals surface area contributed by atoms with Crippen LogP contribution in [0.25, 0.3) is 0 Å². The van der Waals surface area contributed by atoms with E-state index in [9.17, 15) is 0 Å². The number of aryl methyl sites for hydroxylation is 2. The molecule has 0 N–H and O–H groups in total. The van der Waals surface area contributed by atoms with Crippen LogP contribution in [-0.2, 0) is 12.8 Å². The molecule has 182 valence electrons. The SMILES string of the molecule is CCCCN1CC(CN2CCCCC2c2cccnc2)=C(C)N=C1c1c(CC)cccc1CC. The highest BCUT2D eigenvalue weighted by atomic mass is 15.2. The van der Waals surface area contributed by atoms with E-state index in [2.05, 4.69) is 79.0 Å². The number of hydrogen-bond donors (Lipinski definition) is 0. The molecule has 1 saturated heterocycles. The Bertz CT molecular complexity index is 985. The predicted molar refractivity (Wildman–Crippen MR) is 143 cm³/mol. The van der Waals surface area contributed by atoms with Crippen LogP contribution in [0.1, 0.15) is 88.1 Å². The molecule has 0 bridgehead atoms. The van der Waals surface area contributed by atoms with Gasteiger partial charge in [-0.15, -0.1) is 0 Å². The van der Waals surface area contributed by atoms with Crippen molar-refractivity contribution >= 4 is 5.84 Å². The molecule has 0 spiro atoms. The van der Waals surface area contributed by atoms with Crippen molar-refractivity contribution in [3.05, 3.63) is 76.2 Å². The van der Waals surface area contributed by atoms with Crippen molar-refractivity contribution < 1.29 is 0 Å². The number of unbranched alkanes of at least 4 members (excludes halogenated alkanes) is 1. The van der Waals surface area contributed by atoms with Gasteiger partial charge in [0.15, 0.2) is 0 Å². The number of likely N-dealkylation sites (tertiary alicyclic amines) is 1. The number of nitrogens with zero attached hydrogens (tertiary/aromatic N) is 4. The molecule has 3 heterocycles. The molecule has 0 radical (unpaired) electrons. The molecule has 2 aliphatic heterocycles. The minimum absolute atomic E-state index is 0.463. The van der Waals surface area contributed by atoms with Gasteiger partial charge in [0.25, 0.3) is 0 Å². The van der Waals surface area contributed by atoms with Gasteiger partial charge in [-0.2, -0.15) is 0 Å². The third-order valence-corrected chi connectivity index (χ3v) is 7.55. The van der Waals surface area contributed by atoms with Crippen LogP contribution in [0.15, 0.2) is 59.0 Å². The summed E-state index contributed by atoms with van der Waals surface area (Å²) in [6.45, 7) is 13.3. The Hall–Kier alpha value is -2.46. The number of pyridine rings is 1.